The SMILES string of the molecule is Cc1ccc(C=NC(C)c2ccccc2O[SiH](C)C)o1. The maximum atomic E-state index is 5.96. The molecule has 2 aromatic rings. The summed E-state index contributed by atoms with van der Waals surface area (Å²) in [6.07, 6.45) is 1.78. The van der Waals surface area contributed by atoms with E-state index in [0.29, 0.717) is 0 Å². The normalized spacial score (nSPS) is 13.1. The predicted octanol–water partition coefficient (Wildman–Crippen LogP) is 4.13. The van der Waals surface area contributed by atoms with E-state index < -0.39 is 9.04 Å². The average molecular weight is 287 g/mol. The van der Waals surface area contributed by atoms with Gasteiger partial charge in [-0.05, 0) is 45.1 Å². The molecule has 106 valence electrons. The Morgan fingerprint density at radius 1 is 1.20 bits per heavy atom. The van der Waals surface area contributed by atoms with Crippen molar-refractivity contribution in [1.29, 1.82) is 0 Å². The van der Waals surface area contributed by atoms with Gasteiger partial charge < -0.3 is 8.84 Å². The quantitative estimate of drug-likeness (QED) is 0.612. The van der Waals surface area contributed by atoms with Crippen LogP contribution < -0.4 is 4.43 Å². The number of aryl methyl sites for hydroxylation is 1. The van der Waals surface area contributed by atoms with Crippen molar-refractivity contribution < 1.29 is 8.84 Å². The molecule has 0 aliphatic rings. The van der Waals surface area contributed by atoms with Crippen molar-refractivity contribution in [2.75, 3.05) is 0 Å². The lowest BCUT2D eigenvalue weighted by molar-refractivity contribution is 0.527. The van der Waals surface area contributed by atoms with Crippen LogP contribution in [0.1, 0.15) is 30.0 Å². The number of para-hydroxylation sites is 1. The van der Waals surface area contributed by atoms with Crippen LogP contribution in [0.5, 0.6) is 5.75 Å². The molecule has 0 bridgehead atoms. The highest BCUT2D eigenvalue weighted by molar-refractivity contribution is 6.49. The van der Waals surface area contributed by atoms with Gasteiger partial charge in [0.25, 0.3) is 0 Å². The molecule has 20 heavy (non-hydrogen) atoms. The van der Waals surface area contributed by atoms with Gasteiger partial charge in [-0.2, -0.15) is 0 Å². The van der Waals surface area contributed by atoms with E-state index in [4.69, 9.17) is 8.84 Å². The molecule has 1 atom stereocenters. The van der Waals surface area contributed by atoms with Crippen LogP contribution >= 0.6 is 0 Å². The van der Waals surface area contributed by atoms with Crippen molar-refractivity contribution >= 4 is 15.3 Å². The Morgan fingerprint density at radius 3 is 2.60 bits per heavy atom. The number of nitrogens with zero attached hydrogens (tertiary/aromatic N) is 1. The molecule has 0 amide bonds. The van der Waals surface area contributed by atoms with Crippen molar-refractivity contribution in [2.45, 2.75) is 33.0 Å². The molecule has 1 heterocycles. The van der Waals surface area contributed by atoms with E-state index in [0.717, 1.165) is 22.8 Å². The molecule has 4 heteroatoms. The topological polar surface area (TPSA) is 34.7 Å². The second-order valence-corrected chi connectivity index (χ2v) is 7.44. The first-order valence-electron chi connectivity index (χ1n) is 6.91. The first-order valence-corrected chi connectivity index (χ1v) is 9.69. The highest BCUT2D eigenvalue weighted by Gasteiger charge is 2.11. The lowest BCUT2D eigenvalue weighted by Gasteiger charge is -2.16. The second kappa shape index (κ2) is 6.57. The van der Waals surface area contributed by atoms with Gasteiger partial charge in [-0.25, -0.2) is 0 Å². The van der Waals surface area contributed by atoms with Crippen LogP contribution in [0, 0.1) is 6.92 Å². The predicted molar refractivity (Wildman–Crippen MR) is 85.4 cm³/mol. The lowest BCUT2D eigenvalue weighted by atomic mass is 10.1. The molecule has 0 aliphatic heterocycles. The Morgan fingerprint density at radius 2 is 1.95 bits per heavy atom. The fraction of sp³-hybridized carbons (Fsp3) is 0.312. The van der Waals surface area contributed by atoms with Gasteiger partial charge in [-0.1, -0.05) is 18.2 Å². The Hall–Kier alpha value is -1.81. The molecule has 1 aromatic carbocycles. The number of furan rings is 1. The summed E-state index contributed by atoms with van der Waals surface area (Å²) in [5.41, 5.74) is 1.12. The minimum atomic E-state index is -1.11. The molecule has 1 aromatic heterocycles. The molecule has 2 rings (SSSR count). The molecule has 0 N–H and O–H groups in total. The average Bonchev–Trinajstić information content (AvgIpc) is 2.82. The zero-order chi connectivity index (χ0) is 14.5. The van der Waals surface area contributed by atoms with Crippen LogP contribution in [-0.2, 0) is 0 Å². The molecule has 1 unspecified atom stereocenters. The molecule has 0 aliphatic carbocycles. The van der Waals surface area contributed by atoms with Gasteiger partial charge >= 0.3 is 0 Å². The third-order valence-electron chi connectivity index (χ3n) is 2.92. The Bertz CT molecular complexity index is 590. The number of hydrogen-bond donors (Lipinski definition) is 0. The van der Waals surface area contributed by atoms with Crippen molar-refractivity contribution in [3.05, 3.63) is 53.5 Å². The summed E-state index contributed by atoms with van der Waals surface area (Å²) in [6.45, 7) is 8.32. The Balaban J connectivity index is 2.16. The van der Waals surface area contributed by atoms with Gasteiger partial charge in [-0.15, -0.1) is 0 Å². The number of rotatable bonds is 5. The highest BCUT2D eigenvalue weighted by Crippen LogP contribution is 2.27. The minimum absolute atomic E-state index is 0.0457. The number of benzene rings is 1. The van der Waals surface area contributed by atoms with Crippen molar-refractivity contribution in [3.8, 4) is 5.75 Å². The van der Waals surface area contributed by atoms with Crippen LogP contribution in [0.25, 0.3) is 0 Å². The van der Waals surface area contributed by atoms with Crippen LogP contribution in [0.4, 0.5) is 0 Å². The van der Waals surface area contributed by atoms with Crippen LogP contribution in [0.15, 0.2) is 45.8 Å². The Labute approximate surface area is 122 Å². The molecule has 0 saturated heterocycles. The monoisotopic (exact) mass is 287 g/mol. The van der Waals surface area contributed by atoms with Crippen molar-refractivity contribution in [1.82, 2.24) is 0 Å². The van der Waals surface area contributed by atoms with Gasteiger partial charge in [0.1, 0.15) is 17.3 Å². The molecular formula is C16H21NO2Si. The lowest BCUT2D eigenvalue weighted by Crippen LogP contribution is -2.13. The zero-order valence-corrected chi connectivity index (χ0v) is 13.6. The first-order chi connectivity index (χ1) is 9.56. The van der Waals surface area contributed by atoms with E-state index in [-0.39, 0.29) is 6.04 Å². The van der Waals surface area contributed by atoms with Gasteiger partial charge in [-0.3, -0.25) is 4.99 Å². The summed E-state index contributed by atoms with van der Waals surface area (Å²) >= 11 is 0. The molecular weight excluding hydrogens is 266 g/mol. The van der Waals surface area contributed by atoms with Crippen molar-refractivity contribution in [3.63, 3.8) is 0 Å². The third-order valence-corrected chi connectivity index (χ3v) is 3.64. The summed E-state index contributed by atoms with van der Waals surface area (Å²) in [4.78, 5) is 4.56. The summed E-state index contributed by atoms with van der Waals surface area (Å²) in [6, 6.07) is 12.0. The summed E-state index contributed by atoms with van der Waals surface area (Å²) in [5.74, 6) is 2.63. The van der Waals surface area contributed by atoms with E-state index in [1.807, 2.05) is 37.3 Å². The van der Waals surface area contributed by atoms with E-state index in [1.165, 1.54) is 0 Å². The van der Waals surface area contributed by atoms with Gasteiger partial charge in [0.05, 0.1) is 12.3 Å². The third kappa shape index (κ3) is 3.84. The van der Waals surface area contributed by atoms with E-state index in [9.17, 15) is 0 Å². The van der Waals surface area contributed by atoms with E-state index in [1.54, 1.807) is 6.21 Å². The molecule has 0 saturated carbocycles. The second-order valence-electron chi connectivity index (χ2n) is 5.11. The van der Waals surface area contributed by atoms with E-state index >= 15 is 0 Å². The maximum absolute atomic E-state index is 5.96. The smallest absolute Gasteiger partial charge is 0.229 e. The fourth-order valence-corrected chi connectivity index (χ4v) is 2.70. The summed E-state index contributed by atoms with van der Waals surface area (Å²) in [5, 5.41) is 0. The Kier molecular flexibility index (Phi) is 4.79. The fourth-order valence-electron chi connectivity index (χ4n) is 1.98. The summed E-state index contributed by atoms with van der Waals surface area (Å²) < 4.78 is 11.5. The van der Waals surface area contributed by atoms with Crippen LogP contribution in [0.3, 0.4) is 0 Å². The standard InChI is InChI=1S/C16H21NO2Si/c1-12-9-10-14(18-12)11-17-13(2)15-7-5-6-8-16(15)19-20(3)4/h5-11,13,20H,1-4H3. The molecule has 0 radical (unpaired) electrons. The largest absolute Gasteiger partial charge is 0.547 e. The van der Waals surface area contributed by atoms with Crippen LogP contribution in [-0.4, -0.2) is 15.3 Å². The number of aliphatic imine (C=N–C) groups is 1. The minimum Gasteiger partial charge on any atom is -0.547 e. The maximum Gasteiger partial charge on any atom is 0.229 e. The van der Waals surface area contributed by atoms with Gasteiger partial charge in [0.2, 0.25) is 9.04 Å². The number of hydrogen-bond acceptors (Lipinski definition) is 3. The van der Waals surface area contributed by atoms with Crippen molar-refractivity contribution in [2.24, 2.45) is 4.99 Å². The molecule has 0 spiro atoms. The zero-order valence-electron chi connectivity index (χ0n) is 12.5. The van der Waals surface area contributed by atoms with E-state index in [2.05, 4.69) is 31.1 Å². The first kappa shape index (κ1) is 14.6. The summed E-state index contributed by atoms with van der Waals surface area (Å²) in [7, 11) is -1.11. The molecule has 3 nitrogen and oxygen atoms in total. The van der Waals surface area contributed by atoms with Gasteiger partial charge in [0, 0.05) is 5.56 Å². The highest BCUT2D eigenvalue weighted by atomic mass is 28.3. The van der Waals surface area contributed by atoms with Crippen LogP contribution in [0.2, 0.25) is 13.1 Å². The molecule has 0 fully saturated rings. The van der Waals surface area contributed by atoms with Gasteiger partial charge in [0.15, 0.2) is 0 Å².